The summed E-state index contributed by atoms with van der Waals surface area (Å²) in [5.74, 6) is 0.590. The molecule has 1 aliphatic rings. The minimum Gasteiger partial charge on any atom is -0.389 e. The third-order valence-electron chi connectivity index (χ3n) is 3.71. The second kappa shape index (κ2) is 7.74. The van der Waals surface area contributed by atoms with E-state index in [1.165, 1.54) is 11.1 Å². The van der Waals surface area contributed by atoms with Gasteiger partial charge in [-0.2, -0.15) is 0 Å². The Morgan fingerprint density at radius 2 is 2.15 bits per heavy atom. The molecule has 0 bridgehead atoms. The topological polar surface area (TPSA) is 50.7 Å². The summed E-state index contributed by atoms with van der Waals surface area (Å²) in [6.45, 7) is 4.33. The predicted octanol–water partition coefficient (Wildman–Crippen LogP) is 1.33. The van der Waals surface area contributed by atoms with Gasteiger partial charge in [-0.15, -0.1) is 0 Å². The average molecular weight is 279 g/mol. The molecule has 0 saturated carbocycles. The fraction of sp³-hybridized carbons (Fsp3) is 0.625. The van der Waals surface area contributed by atoms with E-state index in [2.05, 4.69) is 29.6 Å². The SMILES string of the molecule is COCC(C)OCC(O)CNCC1Cc2ccccc21. The van der Waals surface area contributed by atoms with Gasteiger partial charge in [0.05, 0.1) is 25.4 Å². The molecule has 0 fully saturated rings. The van der Waals surface area contributed by atoms with Crippen LogP contribution in [0.5, 0.6) is 0 Å². The van der Waals surface area contributed by atoms with Gasteiger partial charge >= 0.3 is 0 Å². The van der Waals surface area contributed by atoms with E-state index in [9.17, 15) is 5.11 Å². The molecule has 4 heteroatoms. The molecule has 3 unspecified atom stereocenters. The quantitative estimate of drug-likeness (QED) is 0.716. The lowest BCUT2D eigenvalue weighted by molar-refractivity contribution is -0.0311. The number of hydrogen-bond donors (Lipinski definition) is 2. The molecule has 112 valence electrons. The minimum atomic E-state index is -0.468. The van der Waals surface area contributed by atoms with Crippen LogP contribution in [0.2, 0.25) is 0 Å². The van der Waals surface area contributed by atoms with Crippen LogP contribution in [0.1, 0.15) is 24.0 Å². The largest absolute Gasteiger partial charge is 0.389 e. The molecule has 1 aliphatic carbocycles. The van der Waals surface area contributed by atoms with Crippen molar-refractivity contribution in [3.8, 4) is 0 Å². The van der Waals surface area contributed by atoms with Crippen molar-refractivity contribution in [3.63, 3.8) is 0 Å². The van der Waals surface area contributed by atoms with Gasteiger partial charge in [0.2, 0.25) is 0 Å². The smallest absolute Gasteiger partial charge is 0.0897 e. The molecule has 0 heterocycles. The summed E-state index contributed by atoms with van der Waals surface area (Å²) in [5, 5.41) is 13.2. The van der Waals surface area contributed by atoms with Crippen LogP contribution < -0.4 is 5.32 Å². The number of nitrogens with one attached hydrogen (secondary N) is 1. The monoisotopic (exact) mass is 279 g/mol. The van der Waals surface area contributed by atoms with Crippen LogP contribution in [0.3, 0.4) is 0 Å². The average Bonchev–Trinajstić information content (AvgIpc) is 2.42. The Balaban J connectivity index is 1.58. The third-order valence-corrected chi connectivity index (χ3v) is 3.71. The first kappa shape index (κ1) is 15.4. The van der Waals surface area contributed by atoms with E-state index in [1.54, 1.807) is 7.11 Å². The number of rotatable bonds is 9. The number of ether oxygens (including phenoxy) is 2. The van der Waals surface area contributed by atoms with Crippen molar-refractivity contribution >= 4 is 0 Å². The van der Waals surface area contributed by atoms with Gasteiger partial charge in [-0.1, -0.05) is 24.3 Å². The van der Waals surface area contributed by atoms with Crippen molar-refractivity contribution in [3.05, 3.63) is 35.4 Å². The molecule has 20 heavy (non-hydrogen) atoms. The summed E-state index contributed by atoms with van der Waals surface area (Å²) in [6, 6.07) is 8.55. The van der Waals surface area contributed by atoms with Gasteiger partial charge in [0.25, 0.3) is 0 Å². The highest BCUT2D eigenvalue weighted by molar-refractivity contribution is 5.40. The minimum absolute atomic E-state index is 0.0214. The number of benzene rings is 1. The Morgan fingerprint density at radius 3 is 2.90 bits per heavy atom. The van der Waals surface area contributed by atoms with Crippen LogP contribution in [0, 0.1) is 0 Å². The van der Waals surface area contributed by atoms with Gasteiger partial charge < -0.3 is 19.9 Å². The Kier molecular flexibility index (Phi) is 5.98. The van der Waals surface area contributed by atoms with Gasteiger partial charge in [-0.25, -0.2) is 0 Å². The maximum Gasteiger partial charge on any atom is 0.0897 e. The Hall–Kier alpha value is -0.940. The first-order valence-electron chi connectivity index (χ1n) is 7.27. The fourth-order valence-electron chi connectivity index (χ4n) is 2.59. The van der Waals surface area contributed by atoms with Crippen LogP contribution in [0.25, 0.3) is 0 Å². The van der Waals surface area contributed by atoms with E-state index < -0.39 is 6.10 Å². The predicted molar refractivity (Wildman–Crippen MR) is 79.1 cm³/mol. The van der Waals surface area contributed by atoms with Crippen LogP contribution in [-0.2, 0) is 15.9 Å². The Labute approximate surface area is 121 Å². The molecule has 3 atom stereocenters. The highest BCUT2D eigenvalue weighted by Crippen LogP contribution is 2.33. The standard InChI is InChI=1S/C16H25NO3/c1-12(10-19-2)20-11-15(18)9-17-8-14-7-13-5-3-4-6-16(13)14/h3-6,12,14-15,17-18H,7-11H2,1-2H3. The van der Waals surface area contributed by atoms with E-state index in [0.717, 1.165) is 13.0 Å². The molecule has 0 spiro atoms. The number of aliphatic hydroxyl groups is 1. The number of fused-ring (bicyclic) bond motifs is 1. The number of methoxy groups -OCH3 is 1. The summed E-state index contributed by atoms with van der Waals surface area (Å²) in [5.41, 5.74) is 2.90. The van der Waals surface area contributed by atoms with E-state index in [0.29, 0.717) is 25.7 Å². The van der Waals surface area contributed by atoms with Gasteiger partial charge in [-0.05, 0) is 24.5 Å². The first-order valence-corrected chi connectivity index (χ1v) is 7.27. The van der Waals surface area contributed by atoms with Crippen LogP contribution >= 0.6 is 0 Å². The highest BCUT2D eigenvalue weighted by atomic mass is 16.5. The first-order chi connectivity index (χ1) is 9.70. The van der Waals surface area contributed by atoms with E-state index in [4.69, 9.17) is 9.47 Å². The fourth-order valence-corrected chi connectivity index (χ4v) is 2.59. The molecule has 0 aromatic heterocycles. The van der Waals surface area contributed by atoms with Gasteiger partial charge in [-0.3, -0.25) is 0 Å². The van der Waals surface area contributed by atoms with Crippen LogP contribution in [-0.4, -0.2) is 50.7 Å². The van der Waals surface area contributed by atoms with Crippen molar-refractivity contribution in [2.75, 3.05) is 33.4 Å². The summed E-state index contributed by atoms with van der Waals surface area (Å²) in [6.07, 6.45) is 0.693. The lowest BCUT2D eigenvalue weighted by Crippen LogP contribution is -2.36. The summed E-state index contributed by atoms with van der Waals surface area (Å²) < 4.78 is 10.5. The van der Waals surface area contributed by atoms with Crippen molar-refractivity contribution in [2.45, 2.75) is 31.5 Å². The molecule has 2 N–H and O–H groups in total. The lowest BCUT2D eigenvalue weighted by atomic mass is 9.77. The number of aliphatic hydroxyl groups excluding tert-OH is 1. The molecular weight excluding hydrogens is 254 g/mol. The summed E-state index contributed by atoms with van der Waals surface area (Å²) in [7, 11) is 1.65. The molecule has 0 radical (unpaired) electrons. The van der Waals surface area contributed by atoms with Gasteiger partial charge in [0, 0.05) is 26.1 Å². The van der Waals surface area contributed by atoms with Crippen LogP contribution in [0.4, 0.5) is 0 Å². The molecule has 0 aliphatic heterocycles. The summed E-state index contributed by atoms with van der Waals surface area (Å²) in [4.78, 5) is 0. The van der Waals surface area contributed by atoms with Crippen LogP contribution in [0.15, 0.2) is 24.3 Å². The Morgan fingerprint density at radius 1 is 1.35 bits per heavy atom. The Bertz CT molecular complexity index is 410. The van der Waals surface area contributed by atoms with Crippen molar-refractivity contribution in [2.24, 2.45) is 0 Å². The highest BCUT2D eigenvalue weighted by Gasteiger charge is 2.24. The van der Waals surface area contributed by atoms with Gasteiger partial charge in [0.15, 0.2) is 0 Å². The van der Waals surface area contributed by atoms with Crippen molar-refractivity contribution < 1.29 is 14.6 Å². The maximum absolute atomic E-state index is 9.84. The lowest BCUT2D eigenvalue weighted by Gasteiger charge is -2.30. The normalized spacial score (nSPS) is 20.1. The zero-order valence-corrected chi connectivity index (χ0v) is 12.3. The van der Waals surface area contributed by atoms with Crippen molar-refractivity contribution in [1.29, 1.82) is 0 Å². The second-order valence-corrected chi connectivity index (χ2v) is 5.51. The molecule has 2 rings (SSSR count). The third kappa shape index (κ3) is 4.28. The maximum atomic E-state index is 9.84. The van der Waals surface area contributed by atoms with Crippen molar-refractivity contribution in [1.82, 2.24) is 5.32 Å². The molecule has 4 nitrogen and oxygen atoms in total. The molecule has 1 aromatic carbocycles. The van der Waals surface area contributed by atoms with Gasteiger partial charge in [0.1, 0.15) is 0 Å². The van der Waals surface area contributed by atoms with E-state index >= 15 is 0 Å². The zero-order chi connectivity index (χ0) is 14.4. The molecule has 0 amide bonds. The zero-order valence-electron chi connectivity index (χ0n) is 12.3. The van der Waals surface area contributed by atoms with E-state index in [1.807, 2.05) is 6.92 Å². The number of hydrogen-bond acceptors (Lipinski definition) is 4. The molecule has 0 saturated heterocycles. The molecular formula is C16H25NO3. The van der Waals surface area contributed by atoms with E-state index in [-0.39, 0.29) is 6.10 Å². The second-order valence-electron chi connectivity index (χ2n) is 5.51. The summed E-state index contributed by atoms with van der Waals surface area (Å²) >= 11 is 0. The molecule has 1 aromatic rings.